The quantitative estimate of drug-likeness (QED) is 0.829. The van der Waals surface area contributed by atoms with Crippen molar-refractivity contribution in [3.63, 3.8) is 0 Å². The standard InChI is InChI=1S/C8H11Cl2NO4S2/c1-15-4-5(3-12)11-17(13,14)6-2-7(9)16-8(6)10/h2,5,11-12H,3-4H2,1H3. The summed E-state index contributed by atoms with van der Waals surface area (Å²) in [5.74, 6) is 0. The van der Waals surface area contributed by atoms with Crippen molar-refractivity contribution in [3.05, 3.63) is 14.7 Å². The van der Waals surface area contributed by atoms with Crippen LogP contribution in [0.25, 0.3) is 0 Å². The number of nitrogens with one attached hydrogen (secondary N) is 1. The second-order valence-corrected chi connectivity index (χ2v) is 7.11. The fourth-order valence-electron chi connectivity index (χ4n) is 1.12. The number of aliphatic hydroxyl groups excluding tert-OH is 1. The average Bonchev–Trinajstić information content (AvgIpc) is 2.57. The van der Waals surface area contributed by atoms with Gasteiger partial charge in [0.05, 0.1) is 23.6 Å². The molecule has 0 fully saturated rings. The van der Waals surface area contributed by atoms with Gasteiger partial charge in [-0.1, -0.05) is 23.2 Å². The molecule has 1 aromatic rings. The van der Waals surface area contributed by atoms with Crippen LogP contribution in [0.15, 0.2) is 11.0 Å². The van der Waals surface area contributed by atoms with Crippen LogP contribution in [0.3, 0.4) is 0 Å². The van der Waals surface area contributed by atoms with Crippen LogP contribution in [0.4, 0.5) is 0 Å². The Morgan fingerprint density at radius 2 is 2.24 bits per heavy atom. The lowest BCUT2D eigenvalue weighted by atomic mass is 10.4. The summed E-state index contributed by atoms with van der Waals surface area (Å²) in [4.78, 5) is -0.0938. The molecule has 1 aromatic heterocycles. The Kier molecular flexibility index (Phi) is 5.65. The van der Waals surface area contributed by atoms with E-state index in [1.807, 2.05) is 0 Å². The molecule has 5 nitrogen and oxygen atoms in total. The van der Waals surface area contributed by atoms with Gasteiger partial charge in [-0.15, -0.1) is 11.3 Å². The molecule has 17 heavy (non-hydrogen) atoms. The predicted molar refractivity (Wildman–Crippen MR) is 67.4 cm³/mol. The maximum Gasteiger partial charge on any atom is 0.243 e. The molecular weight excluding hydrogens is 309 g/mol. The van der Waals surface area contributed by atoms with Crippen LogP contribution in [-0.4, -0.2) is 39.9 Å². The molecule has 1 atom stereocenters. The molecule has 0 saturated heterocycles. The summed E-state index contributed by atoms with van der Waals surface area (Å²) in [6, 6.07) is 0.540. The fourth-order valence-corrected chi connectivity index (χ4v) is 4.48. The first-order valence-electron chi connectivity index (χ1n) is 4.47. The normalized spacial score (nSPS) is 13.9. The van der Waals surface area contributed by atoms with Gasteiger partial charge in [0.15, 0.2) is 0 Å². The van der Waals surface area contributed by atoms with Gasteiger partial charge < -0.3 is 9.84 Å². The molecule has 1 rings (SSSR count). The third-order valence-corrected chi connectivity index (χ3v) is 5.10. The number of ether oxygens (including phenoxy) is 1. The minimum atomic E-state index is -3.80. The second-order valence-electron chi connectivity index (χ2n) is 3.14. The Morgan fingerprint density at radius 3 is 2.65 bits per heavy atom. The van der Waals surface area contributed by atoms with Crippen LogP contribution in [-0.2, 0) is 14.8 Å². The molecule has 0 aliphatic carbocycles. The highest BCUT2D eigenvalue weighted by atomic mass is 35.5. The van der Waals surface area contributed by atoms with E-state index >= 15 is 0 Å². The van der Waals surface area contributed by atoms with Crippen molar-refractivity contribution >= 4 is 44.6 Å². The summed E-state index contributed by atoms with van der Waals surface area (Å²) in [6.07, 6.45) is 0. The maximum atomic E-state index is 11.9. The first kappa shape index (κ1) is 15.2. The van der Waals surface area contributed by atoms with E-state index < -0.39 is 16.1 Å². The lowest BCUT2D eigenvalue weighted by Crippen LogP contribution is -2.40. The number of halogens is 2. The molecule has 0 aliphatic rings. The fraction of sp³-hybridized carbons (Fsp3) is 0.500. The van der Waals surface area contributed by atoms with Crippen molar-refractivity contribution < 1.29 is 18.3 Å². The van der Waals surface area contributed by atoms with Gasteiger partial charge in [-0.3, -0.25) is 0 Å². The Hall–Kier alpha value is 0.110. The van der Waals surface area contributed by atoms with Gasteiger partial charge in [0, 0.05) is 7.11 Å². The Labute approximate surface area is 113 Å². The van der Waals surface area contributed by atoms with E-state index in [0.717, 1.165) is 11.3 Å². The van der Waals surface area contributed by atoms with Crippen LogP contribution in [0, 0.1) is 0 Å². The van der Waals surface area contributed by atoms with E-state index in [1.54, 1.807) is 0 Å². The molecule has 0 aliphatic heterocycles. The number of rotatable bonds is 6. The molecular formula is C8H11Cl2NO4S2. The van der Waals surface area contributed by atoms with Crippen molar-refractivity contribution in [2.24, 2.45) is 0 Å². The molecule has 1 unspecified atom stereocenters. The van der Waals surface area contributed by atoms with E-state index in [-0.39, 0.29) is 26.8 Å². The maximum absolute atomic E-state index is 11.9. The summed E-state index contributed by atoms with van der Waals surface area (Å²) in [5, 5.41) is 8.98. The lowest BCUT2D eigenvalue weighted by molar-refractivity contribution is 0.139. The van der Waals surface area contributed by atoms with Crippen molar-refractivity contribution in [2.75, 3.05) is 20.3 Å². The molecule has 9 heteroatoms. The molecule has 2 N–H and O–H groups in total. The summed E-state index contributed by atoms with van der Waals surface area (Å²) < 4.78 is 31.2. The molecule has 98 valence electrons. The molecule has 0 saturated carbocycles. The Morgan fingerprint density at radius 1 is 1.59 bits per heavy atom. The number of sulfonamides is 1. The predicted octanol–water partition coefficient (Wildman–Crippen LogP) is 1.34. The number of aliphatic hydroxyl groups is 1. The first-order chi connectivity index (χ1) is 7.90. The summed E-state index contributed by atoms with van der Waals surface area (Å²) in [7, 11) is -2.39. The average molecular weight is 320 g/mol. The number of methoxy groups -OCH3 is 1. The van der Waals surface area contributed by atoms with Gasteiger partial charge in [-0.25, -0.2) is 13.1 Å². The van der Waals surface area contributed by atoms with Crippen LogP contribution in [0.5, 0.6) is 0 Å². The number of thiophene rings is 1. The zero-order valence-electron chi connectivity index (χ0n) is 8.81. The minimum Gasteiger partial charge on any atom is -0.395 e. The van der Waals surface area contributed by atoms with E-state index in [4.69, 9.17) is 33.0 Å². The highest BCUT2D eigenvalue weighted by Crippen LogP contribution is 2.34. The van der Waals surface area contributed by atoms with Gasteiger partial charge in [-0.2, -0.15) is 0 Å². The van der Waals surface area contributed by atoms with Gasteiger partial charge >= 0.3 is 0 Å². The van der Waals surface area contributed by atoms with E-state index in [9.17, 15) is 8.42 Å². The topological polar surface area (TPSA) is 75.6 Å². The zero-order chi connectivity index (χ0) is 13.1. The van der Waals surface area contributed by atoms with E-state index in [2.05, 4.69) is 4.72 Å². The van der Waals surface area contributed by atoms with Gasteiger partial charge in [0.1, 0.15) is 9.23 Å². The monoisotopic (exact) mass is 319 g/mol. The van der Waals surface area contributed by atoms with Crippen molar-refractivity contribution in [1.82, 2.24) is 4.72 Å². The molecule has 0 radical (unpaired) electrons. The minimum absolute atomic E-state index is 0.0607. The largest absolute Gasteiger partial charge is 0.395 e. The van der Waals surface area contributed by atoms with Crippen molar-refractivity contribution in [3.8, 4) is 0 Å². The Bertz CT molecular complexity index is 474. The Balaban J connectivity index is 2.92. The van der Waals surface area contributed by atoms with Crippen LogP contribution in [0.2, 0.25) is 8.67 Å². The number of hydrogen-bond acceptors (Lipinski definition) is 5. The van der Waals surface area contributed by atoms with Crippen molar-refractivity contribution in [2.45, 2.75) is 10.9 Å². The first-order valence-corrected chi connectivity index (χ1v) is 7.53. The zero-order valence-corrected chi connectivity index (χ0v) is 12.0. The smallest absolute Gasteiger partial charge is 0.243 e. The second kappa shape index (κ2) is 6.33. The highest BCUT2D eigenvalue weighted by Gasteiger charge is 2.24. The van der Waals surface area contributed by atoms with Gasteiger partial charge in [0.2, 0.25) is 10.0 Å². The molecule has 1 heterocycles. The van der Waals surface area contributed by atoms with Crippen LogP contribution in [0.1, 0.15) is 0 Å². The van der Waals surface area contributed by atoms with Gasteiger partial charge in [0.25, 0.3) is 0 Å². The van der Waals surface area contributed by atoms with E-state index in [0.29, 0.717) is 0 Å². The third kappa shape index (κ3) is 4.06. The van der Waals surface area contributed by atoms with E-state index in [1.165, 1.54) is 13.2 Å². The molecule has 0 bridgehead atoms. The molecule has 0 spiro atoms. The van der Waals surface area contributed by atoms with Crippen LogP contribution >= 0.6 is 34.5 Å². The van der Waals surface area contributed by atoms with Crippen molar-refractivity contribution in [1.29, 1.82) is 0 Å². The highest BCUT2D eigenvalue weighted by molar-refractivity contribution is 7.89. The number of hydrogen-bond donors (Lipinski definition) is 2. The van der Waals surface area contributed by atoms with Gasteiger partial charge in [-0.05, 0) is 6.07 Å². The lowest BCUT2D eigenvalue weighted by Gasteiger charge is -2.14. The summed E-state index contributed by atoms with van der Waals surface area (Å²) in [6.45, 7) is -0.312. The summed E-state index contributed by atoms with van der Waals surface area (Å²) in [5.41, 5.74) is 0. The third-order valence-electron chi connectivity index (χ3n) is 1.82. The molecule has 0 aromatic carbocycles. The summed E-state index contributed by atoms with van der Waals surface area (Å²) >= 11 is 12.4. The van der Waals surface area contributed by atoms with Crippen LogP contribution < -0.4 is 4.72 Å². The SMILES string of the molecule is COCC(CO)NS(=O)(=O)c1cc(Cl)sc1Cl. The molecule has 0 amide bonds.